The Kier molecular flexibility index (Phi) is 7.40. The monoisotopic (exact) mass is 524 g/mol. The number of carbonyl (C=O) groups excluding carboxylic acids is 1. The van der Waals surface area contributed by atoms with Crippen molar-refractivity contribution in [3.63, 3.8) is 0 Å². The van der Waals surface area contributed by atoms with Gasteiger partial charge in [-0.15, -0.1) is 0 Å². The molecule has 1 atom stereocenters. The number of halogens is 1. The van der Waals surface area contributed by atoms with Crippen molar-refractivity contribution in [2.24, 2.45) is 11.3 Å². The smallest absolute Gasteiger partial charge is 1.00 e. The average molecular weight is 523 g/mol. The van der Waals surface area contributed by atoms with Crippen molar-refractivity contribution in [2.75, 3.05) is 0 Å². The molecule has 2 radical (unpaired) electrons. The SMILES string of the molecule is [CH]=C1C(CC(C)(C)C)C(=O)OC1(C)C.[Hg+].[I-]. The third kappa shape index (κ3) is 4.63. The molecule has 4 heteroatoms. The molecule has 0 N–H and O–H groups in total. The molecule has 0 bridgehead atoms. The maximum atomic E-state index is 11.6. The fourth-order valence-corrected chi connectivity index (χ4v) is 1.73. The fourth-order valence-electron chi connectivity index (χ4n) is 1.73. The van der Waals surface area contributed by atoms with Gasteiger partial charge in [0.1, 0.15) is 5.60 Å². The normalized spacial score (nSPS) is 23.2. The van der Waals surface area contributed by atoms with Crippen LogP contribution in [0.4, 0.5) is 0 Å². The van der Waals surface area contributed by atoms with Gasteiger partial charge < -0.3 is 28.7 Å². The number of hydrogen-bond donors (Lipinski definition) is 0. The van der Waals surface area contributed by atoms with Gasteiger partial charge in [-0.25, -0.2) is 0 Å². The van der Waals surface area contributed by atoms with E-state index in [2.05, 4.69) is 20.8 Å². The first-order valence-corrected chi connectivity index (χ1v) is 4.99. The molecule has 1 saturated heterocycles. The van der Waals surface area contributed by atoms with Gasteiger partial charge in [0.2, 0.25) is 0 Å². The van der Waals surface area contributed by atoms with E-state index in [-0.39, 0.29) is 68.9 Å². The van der Waals surface area contributed by atoms with Gasteiger partial charge in [0.25, 0.3) is 0 Å². The van der Waals surface area contributed by atoms with Gasteiger partial charge in [-0.2, -0.15) is 0 Å². The summed E-state index contributed by atoms with van der Waals surface area (Å²) in [5.41, 5.74) is 0.166. The molecular weight excluding hydrogens is 504 g/mol. The average Bonchev–Trinajstić information content (AvgIpc) is 2.10. The van der Waals surface area contributed by atoms with Gasteiger partial charge >= 0.3 is 33.6 Å². The topological polar surface area (TPSA) is 26.3 Å². The van der Waals surface area contributed by atoms with Crippen LogP contribution in [0.15, 0.2) is 5.57 Å². The number of ether oxygens (including phenoxy) is 1. The largest absolute Gasteiger partial charge is 1.00 e. The Morgan fingerprint density at radius 3 is 2.06 bits per heavy atom. The van der Waals surface area contributed by atoms with Crippen molar-refractivity contribution in [1.29, 1.82) is 0 Å². The van der Waals surface area contributed by atoms with Crippen LogP contribution >= 0.6 is 0 Å². The van der Waals surface area contributed by atoms with E-state index >= 15 is 0 Å². The van der Waals surface area contributed by atoms with E-state index in [0.29, 0.717) is 5.57 Å². The summed E-state index contributed by atoms with van der Waals surface area (Å²) in [4.78, 5) is 11.6. The number of carbonyl (C=O) groups is 1. The first-order valence-electron chi connectivity index (χ1n) is 4.99. The van der Waals surface area contributed by atoms with Crippen LogP contribution in [0.25, 0.3) is 0 Å². The Morgan fingerprint density at radius 1 is 1.38 bits per heavy atom. The number of esters is 1. The molecule has 1 heterocycles. The Hall–Kier alpha value is 0.875. The fraction of sp³-hybridized carbons (Fsp3) is 0.750. The zero-order valence-corrected chi connectivity index (χ0v) is 18.4. The minimum Gasteiger partial charge on any atom is -1.00 e. The third-order valence-corrected chi connectivity index (χ3v) is 2.53. The van der Waals surface area contributed by atoms with E-state index in [4.69, 9.17) is 11.3 Å². The predicted octanol–water partition coefficient (Wildman–Crippen LogP) is -0.265. The van der Waals surface area contributed by atoms with Crippen LogP contribution in [0.2, 0.25) is 0 Å². The summed E-state index contributed by atoms with van der Waals surface area (Å²) in [6, 6.07) is 0. The molecule has 0 saturated carbocycles. The van der Waals surface area contributed by atoms with Crippen LogP contribution in [0, 0.1) is 17.9 Å². The predicted molar refractivity (Wildman–Crippen MR) is 55.5 cm³/mol. The summed E-state index contributed by atoms with van der Waals surface area (Å²) in [6.07, 6.45) is 0.751. The van der Waals surface area contributed by atoms with Gasteiger partial charge in [0.15, 0.2) is 0 Å². The van der Waals surface area contributed by atoms with Crippen LogP contribution < -0.4 is 24.0 Å². The quantitative estimate of drug-likeness (QED) is 0.270. The van der Waals surface area contributed by atoms with Crippen LogP contribution in [0.1, 0.15) is 41.0 Å². The molecule has 88 valence electrons. The molecule has 0 aromatic heterocycles. The molecule has 1 aliphatic rings. The van der Waals surface area contributed by atoms with Crippen LogP contribution in [0.3, 0.4) is 0 Å². The van der Waals surface area contributed by atoms with Crippen molar-refractivity contribution in [2.45, 2.75) is 46.6 Å². The van der Waals surface area contributed by atoms with Gasteiger partial charge in [-0.3, -0.25) is 4.79 Å². The van der Waals surface area contributed by atoms with Gasteiger partial charge in [0, 0.05) is 0 Å². The van der Waals surface area contributed by atoms with Gasteiger partial charge in [-0.1, -0.05) is 27.4 Å². The molecule has 0 amide bonds. The minimum atomic E-state index is -0.590. The van der Waals surface area contributed by atoms with Gasteiger partial charge in [0.05, 0.1) is 5.92 Å². The molecule has 1 fully saturated rings. The molecule has 0 aliphatic carbocycles. The third-order valence-electron chi connectivity index (χ3n) is 2.53. The summed E-state index contributed by atoms with van der Waals surface area (Å²) in [7, 11) is 0. The van der Waals surface area contributed by atoms with Gasteiger partial charge in [-0.05, 0) is 31.3 Å². The second-order valence-electron chi connectivity index (χ2n) is 5.70. The molecule has 1 unspecified atom stereocenters. The summed E-state index contributed by atoms with van der Waals surface area (Å²) in [5.74, 6) is -0.410. The Bertz CT molecular complexity index is 279. The molecule has 0 spiro atoms. The van der Waals surface area contributed by atoms with E-state index in [1.54, 1.807) is 0 Å². The minimum absolute atomic E-state index is 0. The second-order valence-corrected chi connectivity index (χ2v) is 5.70. The maximum Gasteiger partial charge on any atom is 1.00 e. The van der Waals surface area contributed by atoms with E-state index in [1.807, 2.05) is 13.8 Å². The Labute approximate surface area is 136 Å². The zero-order chi connectivity index (χ0) is 11.1. The number of rotatable bonds is 1. The first kappa shape index (κ1) is 19.2. The molecule has 0 aromatic rings. The maximum absolute atomic E-state index is 11.6. The van der Waals surface area contributed by atoms with E-state index in [1.165, 1.54) is 0 Å². The summed E-state index contributed by atoms with van der Waals surface area (Å²) in [5, 5.41) is 0. The second kappa shape index (κ2) is 6.16. The summed E-state index contributed by atoms with van der Waals surface area (Å²) >= 11 is 0. The molecular formula is C12H19HgIO2. The first-order chi connectivity index (χ1) is 6.13. The summed E-state index contributed by atoms with van der Waals surface area (Å²) < 4.78 is 5.22. The number of cyclic esters (lactones) is 1. The van der Waals surface area contributed by atoms with Crippen molar-refractivity contribution < 1.29 is 61.2 Å². The standard InChI is InChI=1S/C12H19O2.Hg.HI/c1-8-9(7-11(2,3)4)10(13)14-12(8,5)6;;/h1,9H,7H2,2-6H3;;1H/q;+1;/p-1. The molecule has 1 rings (SSSR count). The van der Waals surface area contributed by atoms with E-state index in [9.17, 15) is 4.79 Å². The molecule has 2 nitrogen and oxygen atoms in total. The number of hydrogen-bond acceptors (Lipinski definition) is 2. The molecule has 16 heavy (non-hydrogen) atoms. The molecule has 0 aromatic carbocycles. The summed E-state index contributed by atoms with van der Waals surface area (Å²) in [6.45, 7) is 15.9. The van der Waals surface area contributed by atoms with Crippen LogP contribution in [0.5, 0.6) is 0 Å². The van der Waals surface area contributed by atoms with Crippen LogP contribution in [-0.2, 0) is 37.2 Å². The van der Waals surface area contributed by atoms with Crippen molar-refractivity contribution in [3.8, 4) is 0 Å². The van der Waals surface area contributed by atoms with Crippen molar-refractivity contribution in [3.05, 3.63) is 12.2 Å². The van der Waals surface area contributed by atoms with E-state index in [0.717, 1.165) is 6.42 Å². The molecule has 1 aliphatic heterocycles. The Balaban J connectivity index is 0. The Morgan fingerprint density at radius 2 is 1.81 bits per heavy atom. The zero-order valence-electron chi connectivity index (χ0n) is 10.8. The van der Waals surface area contributed by atoms with Crippen LogP contribution in [-0.4, -0.2) is 11.6 Å². The van der Waals surface area contributed by atoms with Crippen molar-refractivity contribution in [1.82, 2.24) is 0 Å². The van der Waals surface area contributed by atoms with Crippen molar-refractivity contribution >= 4 is 5.97 Å². The van der Waals surface area contributed by atoms with E-state index < -0.39 is 5.60 Å².